The van der Waals surface area contributed by atoms with Crippen molar-refractivity contribution in [2.45, 2.75) is 19.7 Å². The standard InChI is InChI=1S/C25H21N3O2S/c29-25(26-15-19-9-6-14-31-19)16-28-22-12-4-3-11-21(22)27-24(28)17-30-23-13-5-8-18-7-1-2-10-20(18)23/h1-14H,15-17H2,(H,26,29). The summed E-state index contributed by atoms with van der Waals surface area (Å²) in [5.74, 6) is 1.47. The lowest BCUT2D eigenvalue weighted by Crippen LogP contribution is -2.27. The smallest absolute Gasteiger partial charge is 0.240 e. The number of imidazole rings is 1. The Morgan fingerprint density at radius 3 is 2.71 bits per heavy atom. The van der Waals surface area contributed by atoms with Gasteiger partial charge in [-0.1, -0.05) is 54.6 Å². The fourth-order valence-electron chi connectivity index (χ4n) is 3.67. The third-order valence-electron chi connectivity index (χ3n) is 5.18. The maximum absolute atomic E-state index is 12.7. The SMILES string of the molecule is O=C(Cn1c(COc2cccc3ccccc23)nc2ccccc21)NCc1cccs1. The summed E-state index contributed by atoms with van der Waals surface area (Å²) < 4.78 is 8.10. The average Bonchev–Trinajstić information content (AvgIpc) is 3.44. The Kier molecular flexibility index (Phi) is 5.37. The van der Waals surface area contributed by atoms with Crippen LogP contribution in [0.15, 0.2) is 84.2 Å². The van der Waals surface area contributed by atoms with Crippen molar-refractivity contribution in [3.8, 4) is 5.75 Å². The number of fused-ring (bicyclic) bond motifs is 2. The summed E-state index contributed by atoms with van der Waals surface area (Å²) in [6.07, 6.45) is 0. The van der Waals surface area contributed by atoms with E-state index < -0.39 is 0 Å². The quantitative estimate of drug-likeness (QED) is 0.391. The Balaban J connectivity index is 1.38. The molecule has 0 radical (unpaired) electrons. The number of benzene rings is 3. The van der Waals surface area contributed by atoms with Crippen LogP contribution in [0.1, 0.15) is 10.7 Å². The molecule has 5 rings (SSSR count). The molecule has 0 aliphatic rings. The molecular weight excluding hydrogens is 406 g/mol. The van der Waals surface area contributed by atoms with Crippen LogP contribution in [0, 0.1) is 0 Å². The van der Waals surface area contributed by atoms with Gasteiger partial charge >= 0.3 is 0 Å². The Labute approximate surface area is 183 Å². The highest BCUT2D eigenvalue weighted by atomic mass is 32.1. The normalized spacial score (nSPS) is 11.1. The van der Waals surface area contributed by atoms with Gasteiger partial charge in [-0.3, -0.25) is 4.79 Å². The predicted molar refractivity (Wildman–Crippen MR) is 124 cm³/mol. The van der Waals surface area contributed by atoms with Crippen molar-refractivity contribution < 1.29 is 9.53 Å². The van der Waals surface area contributed by atoms with Crippen molar-refractivity contribution in [2.24, 2.45) is 0 Å². The number of ether oxygens (including phenoxy) is 1. The van der Waals surface area contributed by atoms with Crippen LogP contribution in [-0.2, 0) is 24.5 Å². The number of nitrogens with one attached hydrogen (secondary N) is 1. The summed E-state index contributed by atoms with van der Waals surface area (Å²) in [6, 6.07) is 26.0. The van der Waals surface area contributed by atoms with Crippen LogP contribution in [0.5, 0.6) is 5.75 Å². The van der Waals surface area contributed by atoms with Gasteiger partial charge in [0.15, 0.2) is 0 Å². The molecule has 0 fully saturated rings. The monoisotopic (exact) mass is 427 g/mol. The van der Waals surface area contributed by atoms with Crippen LogP contribution in [0.25, 0.3) is 21.8 Å². The molecule has 0 saturated heterocycles. The summed E-state index contributed by atoms with van der Waals surface area (Å²) in [4.78, 5) is 18.5. The van der Waals surface area contributed by atoms with Crippen LogP contribution in [0.3, 0.4) is 0 Å². The van der Waals surface area contributed by atoms with E-state index in [1.165, 1.54) is 0 Å². The van der Waals surface area contributed by atoms with E-state index in [1.54, 1.807) is 11.3 Å². The third kappa shape index (κ3) is 4.15. The fourth-order valence-corrected chi connectivity index (χ4v) is 4.32. The predicted octanol–water partition coefficient (Wildman–Crippen LogP) is 5.15. The molecule has 0 atom stereocenters. The number of aromatic nitrogens is 2. The maximum atomic E-state index is 12.7. The zero-order valence-electron chi connectivity index (χ0n) is 16.8. The summed E-state index contributed by atoms with van der Waals surface area (Å²) in [5, 5.41) is 7.19. The molecular formula is C25H21N3O2S. The van der Waals surface area contributed by atoms with Crippen LogP contribution in [0.2, 0.25) is 0 Å². The molecule has 0 saturated carbocycles. The van der Waals surface area contributed by atoms with Crippen molar-refractivity contribution in [3.63, 3.8) is 0 Å². The molecule has 6 heteroatoms. The third-order valence-corrected chi connectivity index (χ3v) is 6.06. The molecule has 31 heavy (non-hydrogen) atoms. The number of hydrogen-bond acceptors (Lipinski definition) is 4. The number of hydrogen-bond donors (Lipinski definition) is 1. The van der Waals surface area contributed by atoms with Gasteiger partial charge in [0.05, 0.1) is 17.6 Å². The highest BCUT2D eigenvalue weighted by molar-refractivity contribution is 7.09. The zero-order valence-corrected chi connectivity index (χ0v) is 17.6. The maximum Gasteiger partial charge on any atom is 0.240 e. The van der Waals surface area contributed by atoms with Crippen LogP contribution < -0.4 is 10.1 Å². The zero-order chi connectivity index (χ0) is 21.0. The number of carbonyl (C=O) groups is 1. The number of nitrogens with zero attached hydrogens (tertiary/aromatic N) is 2. The molecule has 0 aliphatic carbocycles. The highest BCUT2D eigenvalue weighted by Crippen LogP contribution is 2.26. The Bertz CT molecular complexity index is 1340. The number of amides is 1. The van der Waals surface area contributed by atoms with Crippen molar-refractivity contribution >= 4 is 39.0 Å². The van der Waals surface area contributed by atoms with E-state index in [0.717, 1.165) is 38.3 Å². The first kappa shape index (κ1) is 19.3. The fraction of sp³-hybridized carbons (Fsp3) is 0.120. The summed E-state index contributed by atoms with van der Waals surface area (Å²) in [5.41, 5.74) is 1.77. The first-order valence-electron chi connectivity index (χ1n) is 10.1. The molecule has 0 unspecified atom stereocenters. The lowest BCUT2D eigenvalue weighted by Gasteiger charge is -2.12. The van der Waals surface area contributed by atoms with Gasteiger partial charge in [0.25, 0.3) is 0 Å². The number of para-hydroxylation sites is 2. The van der Waals surface area contributed by atoms with Gasteiger partial charge in [-0.25, -0.2) is 4.98 Å². The first-order valence-corrected chi connectivity index (χ1v) is 11.0. The molecule has 0 spiro atoms. The number of thiophene rings is 1. The second kappa shape index (κ2) is 8.62. The molecule has 2 heterocycles. The van der Waals surface area contributed by atoms with Crippen molar-refractivity contribution in [2.75, 3.05) is 0 Å². The minimum absolute atomic E-state index is 0.0528. The van der Waals surface area contributed by atoms with Gasteiger partial charge in [0.2, 0.25) is 5.91 Å². The van der Waals surface area contributed by atoms with Gasteiger partial charge in [-0.2, -0.15) is 0 Å². The summed E-state index contributed by atoms with van der Waals surface area (Å²) in [7, 11) is 0. The number of rotatable bonds is 7. The average molecular weight is 428 g/mol. The van der Waals surface area contributed by atoms with Gasteiger partial charge in [-0.05, 0) is 35.0 Å². The second-order valence-electron chi connectivity index (χ2n) is 7.22. The van der Waals surface area contributed by atoms with E-state index in [1.807, 2.05) is 76.7 Å². The molecule has 3 aromatic carbocycles. The Morgan fingerprint density at radius 2 is 1.81 bits per heavy atom. The van der Waals surface area contributed by atoms with Crippen LogP contribution in [-0.4, -0.2) is 15.5 Å². The van der Waals surface area contributed by atoms with Gasteiger partial charge in [-0.15, -0.1) is 11.3 Å². The van der Waals surface area contributed by atoms with E-state index in [-0.39, 0.29) is 19.1 Å². The number of carbonyl (C=O) groups excluding carboxylic acids is 1. The van der Waals surface area contributed by atoms with E-state index in [2.05, 4.69) is 17.4 Å². The lowest BCUT2D eigenvalue weighted by atomic mass is 10.1. The minimum atomic E-state index is -0.0528. The Hall–Kier alpha value is -3.64. The first-order chi connectivity index (χ1) is 15.3. The van der Waals surface area contributed by atoms with Crippen LogP contribution in [0.4, 0.5) is 0 Å². The molecule has 1 amide bonds. The van der Waals surface area contributed by atoms with E-state index in [9.17, 15) is 4.79 Å². The molecule has 5 nitrogen and oxygen atoms in total. The van der Waals surface area contributed by atoms with Gasteiger partial charge in [0.1, 0.15) is 24.7 Å². The summed E-state index contributed by atoms with van der Waals surface area (Å²) in [6.45, 7) is 1.01. The highest BCUT2D eigenvalue weighted by Gasteiger charge is 2.15. The second-order valence-corrected chi connectivity index (χ2v) is 8.26. The largest absolute Gasteiger partial charge is 0.485 e. The Morgan fingerprint density at radius 1 is 0.968 bits per heavy atom. The minimum Gasteiger partial charge on any atom is -0.485 e. The van der Waals surface area contributed by atoms with E-state index >= 15 is 0 Å². The topological polar surface area (TPSA) is 56.2 Å². The lowest BCUT2D eigenvalue weighted by molar-refractivity contribution is -0.121. The van der Waals surface area contributed by atoms with Gasteiger partial charge in [0, 0.05) is 10.3 Å². The summed E-state index contributed by atoms with van der Waals surface area (Å²) >= 11 is 1.63. The van der Waals surface area contributed by atoms with Crippen LogP contribution >= 0.6 is 11.3 Å². The molecule has 5 aromatic rings. The van der Waals surface area contributed by atoms with E-state index in [4.69, 9.17) is 9.72 Å². The van der Waals surface area contributed by atoms with Crippen molar-refractivity contribution in [3.05, 3.63) is 94.9 Å². The molecule has 0 aliphatic heterocycles. The van der Waals surface area contributed by atoms with Gasteiger partial charge < -0.3 is 14.6 Å². The molecule has 2 aromatic heterocycles. The molecule has 154 valence electrons. The van der Waals surface area contributed by atoms with Crippen molar-refractivity contribution in [1.29, 1.82) is 0 Å². The molecule has 0 bridgehead atoms. The van der Waals surface area contributed by atoms with Crippen molar-refractivity contribution in [1.82, 2.24) is 14.9 Å². The van der Waals surface area contributed by atoms with E-state index in [0.29, 0.717) is 6.54 Å². The molecule has 1 N–H and O–H groups in total.